The average Bonchev–Trinajstić information content (AvgIpc) is 2.49. The van der Waals surface area contributed by atoms with Gasteiger partial charge in [-0.15, -0.1) is 0 Å². The van der Waals surface area contributed by atoms with Gasteiger partial charge >= 0.3 is 6.03 Å². The fourth-order valence-corrected chi connectivity index (χ4v) is 1.99. The molecule has 0 aromatic heterocycles. The molecule has 0 saturated carbocycles. The van der Waals surface area contributed by atoms with Crippen molar-refractivity contribution in [3.05, 3.63) is 63.6 Å². The van der Waals surface area contributed by atoms with E-state index in [4.69, 9.17) is 28.3 Å². The third-order valence-corrected chi connectivity index (χ3v) is 3.58. The molecule has 0 aliphatic heterocycles. The quantitative estimate of drug-likeness (QED) is 0.800. The van der Waals surface area contributed by atoms with E-state index >= 15 is 0 Å². The lowest BCUT2D eigenvalue weighted by Gasteiger charge is -2.09. The van der Waals surface area contributed by atoms with Crippen LogP contribution in [0.25, 0.3) is 0 Å². The second-order valence-corrected chi connectivity index (χ2v) is 5.23. The number of aliphatic hydroxyl groups is 1. The van der Waals surface area contributed by atoms with E-state index < -0.39 is 0 Å². The van der Waals surface area contributed by atoms with Crippen molar-refractivity contribution in [1.82, 2.24) is 5.32 Å². The van der Waals surface area contributed by atoms with Gasteiger partial charge in [0.25, 0.3) is 0 Å². The number of aliphatic hydroxyl groups excluding tert-OH is 1. The van der Waals surface area contributed by atoms with E-state index in [0.717, 1.165) is 11.1 Å². The lowest BCUT2D eigenvalue weighted by Crippen LogP contribution is -2.28. The predicted octanol–water partition coefficient (Wildman–Crippen LogP) is 3.81. The standard InChI is InChI=1S/C15H14Cl2N2O2/c16-13-6-5-12(7-14(13)17)19-15(21)18-8-10-1-3-11(9-20)4-2-10/h1-7,20H,8-9H2,(H2,18,19,21). The van der Waals surface area contributed by atoms with Crippen molar-refractivity contribution in [2.45, 2.75) is 13.2 Å². The molecule has 0 unspecified atom stereocenters. The number of rotatable bonds is 4. The Balaban J connectivity index is 1.87. The Hall–Kier alpha value is -1.75. The Bertz CT molecular complexity index is 630. The van der Waals surface area contributed by atoms with E-state index in [-0.39, 0.29) is 12.6 Å². The van der Waals surface area contributed by atoms with Crippen LogP contribution in [0.2, 0.25) is 10.0 Å². The SMILES string of the molecule is O=C(NCc1ccc(CO)cc1)Nc1ccc(Cl)c(Cl)c1. The Labute approximate surface area is 132 Å². The molecule has 6 heteroatoms. The van der Waals surface area contributed by atoms with E-state index in [9.17, 15) is 4.79 Å². The molecule has 110 valence electrons. The highest BCUT2D eigenvalue weighted by atomic mass is 35.5. The maximum atomic E-state index is 11.8. The molecule has 0 aliphatic carbocycles. The Morgan fingerprint density at radius 3 is 2.29 bits per heavy atom. The molecule has 0 saturated heterocycles. The first-order chi connectivity index (χ1) is 10.1. The summed E-state index contributed by atoms with van der Waals surface area (Å²) in [5, 5.41) is 15.2. The van der Waals surface area contributed by atoms with Crippen LogP contribution >= 0.6 is 23.2 Å². The van der Waals surface area contributed by atoms with Crippen LogP contribution in [0.5, 0.6) is 0 Å². The Kier molecular flexibility index (Phi) is 5.44. The zero-order valence-corrected chi connectivity index (χ0v) is 12.6. The molecule has 0 heterocycles. The first kappa shape index (κ1) is 15.6. The van der Waals surface area contributed by atoms with Crippen molar-refractivity contribution in [1.29, 1.82) is 0 Å². The summed E-state index contributed by atoms with van der Waals surface area (Å²) in [5.41, 5.74) is 2.34. The van der Waals surface area contributed by atoms with Crippen LogP contribution in [0.3, 0.4) is 0 Å². The fourth-order valence-electron chi connectivity index (χ4n) is 1.69. The van der Waals surface area contributed by atoms with Gasteiger partial charge in [0.1, 0.15) is 0 Å². The molecule has 0 atom stereocenters. The van der Waals surface area contributed by atoms with Gasteiger partial charge in [-0.25, -0.2) is 4.79 Å². The molecule has 21 heavy (non-hydrogen) atoms. The summed E-state index contributed by atoms with van der Waals surface area (Å²) in [6.45, 7) is 0.393. The van der Waals surface area contributed by atoms with Crippen LogP contribution < -0.4 is 10.6 Å². The Morgan fingerprint density at radius 2 is 1.67 bits per heavy atom. The zero-order valence-electron chi connectivity index (χ0n) is 11.1. The van der Waals surface area contributed by atoms with Gasteiger partial charge in [0.05, 0.1) is 16.7 Å². The van der Waals surface area contributed by atoms with Gasteiger partial charge < -0.3 is 15.7 Å². The van der Waals surface area contributed by atoms with Crippen molar-refractivity contribution >= 4 is 34.9 Å². The van der Waals surface area contributed by atoms with E-state index in [0.29, 0.717) is 22.3 Å². The van der Waals surface area contributed by atoms with Gasteiger partial charge in [0.2, 0.25) is 0 Å². The summed E-state index contributed by atoms with van der Waals surface area (Å²) in [6, 6.07) is 11.9. The molecule has 0 spiro atoms. The van der Waals surface area contributed by atoms with Crippen LogP contribution in [0, 0.1) is 0 Å². The number of carbonyl (C=O) groups excluding carboxylic acids is 1. The number of hydrogen-bond donors (Lipinski definition) is 3. The molecular weight excluding hydrogens is 311 g/mol. The Morgan fingerprint density at radius 1 is 1.00 bits per heavy atom. The normalized spacial score (nSPS) is 10.2. The molecule has 0 aliphatic rings. The van der Waals surface area contributed by atoms with Gasteiger partial charge in [-0.05, 0) is 29.3 Å². The first-order valence-corrected chi connectivity index (χ1v) is 7.02. The third-order valence-electron chi connectivity index (χ3n) is 2.84. The van der Waals surface area contributed by atoms with Crippen LogP contribution in [-0.2, 0) is 13.2 Å². The lowest BCUT2D eigenvalue weighted by atomic mass is 10.1. The maximum absolute atomic E-state index is 11.8. The highest BCUT2D eigenvalue weighted by molar-refractivity contribution is 6.42. The average molecular weight is 325 g/mol. The summed E-state index contributed by atoms with van der Waals surface area (Å²) < 4.78 is 0. The van der Waals surface area contributed by atoms with Crippen molar-refractivity contribution in [2.75, 3.05) is 5.32 Å². The lowest BCUT2D eigenvalue weighted by molar-refractivity contribution is 0.251. The molecule has 0 fully saturated rings. The highest BCUT2D eigenvalue weighted by Gasteiger charge is 2.04. The molecule has 0 bridgehead atoms. The van der Waals surface area contributed by atoms with Crippen molar-refractivity contribution < 1.29 is 9.90 Å². The number of benzene rings is 2. The number of halogens is 2. The second kappa shape index (κ2) is 7.31. The first-order valence-electron chi connectivity index (χ1n) is 6.27. The summed E-state index contributed by atoms with van der Waals surface area (Å²) >= 11 is 11.7. The maximum Gasteiger partial charge on any atom is 0.319 e. The number of carbonyl (C=O) groups is 1. The minimum Gasteiger partial charge on any atom is -0.392 e. The van der Waals surface area contributed by atoms with Crippen LogP contribution in [0.15, 0.2) is 42.5 Å². The zero-order chi connectivity index (χ0) is 15.2. The van der Waals surface area contributed by atoms with Crippen molar-refractivity contribution in [3.63, 3.8) is 0 Å². The minimum atomic E-state index is -0.334. The number of amides is 2. The highest BCUT2D eigenvalue weighted by Crippen LogP contribution is 2.24. The largest absolute Gasteiger partial charge is 0.392 e. The van der Waals surface area contributed by atoms with Gasteiger partial charge in [-0.2, -0.15) is 0 Å². The van der Waals surface area contributed by atoms with Crippen LogP contribution in [0.4, 0.5) is 10.5 Å². The summed E-state index contributed by atoms with van der Waals surface area (Å²) in [6.07, 6.45) is 0. The van der Waals surface area contributed by atoms with E-state index in [1.165, 1.54) is 0 Å². The molecular formula is C15H14Cl2N2O2. The molecule has 0 radical (unpaired) electrons. The number of anilines is 1. The summed E-state index contributed by atoms with van der Waals surface area (Å²) in [4.78, 5) is 11.8. The van der Waals surface area contributed by atoms with Gasteiger partial charge in [-0.3, -0.25) is 0 Å². The monoisotopic (exact) mass is 324 g/mol. The third kappa shape index (κ3) is 4.63. The fraction of sp³-hybridized carbons (Fsp3) is 0.133. The second-order valence-electron chi connectivity index (χ2n) is 4.41. The number of nitrogens with one attached hydrogen (secondary N) is 2. The van der Waals surface area contributed by atoms with Crippen molar-refractivity contribution in [2.24, 2.45) is 0 Å². The topological polar surface area (TPSA) is 61.4 Å². The number of urea groups is 1. The van der Waals surface area contributed by atoms with Gasteiger partial charge in [-0.1, -0.05) is 47.5 Å². The summed E-state index contributed by atoms with van der Waals surface area (Å²) in [7, 11) is 0. The molecule has 2 rings (SSSR count). The van der Waals surface area contributed by atoms with E-state index in [1.54, 1.807) is 18.2 Å². The predicted molar refractivity (Wildman–Crippen MR) is 84.7 cm³/mol. The van der Waals surface area contributed by atoms with E-state index in [2.05, 4.69) is 10.6 Å². The van der Waals surface area contributed by atoms with Gasteiger partial charge in [0, 0.05) is 12.2 Å². The molecule has 4 nitrogen and oxygen atoms in total. The molecule has 2 amide bonds. The van der Waals surface area contributed by atoms with E-state index in [1.807, 2.05) is 24.3 Å². The smallest absolute Gasteiger partial charge is 0.319 e. The van der Waals surface area contributed by atoms with Crippen LogP contribution in [0.1, 0.15) is 11.1 Å². The molecule has 2 aromatic rings. The van der Waals surface area contributed by atoms with Crippen molar-refractivity contribution in [3.8, 4) is 0 Å². The van der Waals surface area contributed by atoms with Crippen LogP contribution in [-0.4, -0.2) is 11.1 Å². The molecule has 3 N–H and O–H groups in total. The molecule has 2 aromatic carbocycles. The van der Waals surface area contributed by atoms with Gasteiger partial charge in [0.15, 0.2) is 0 Å². The minimum absolute atomic E-state index is 0.00548. The number of hydrogen-bond acceptors (Lipinski definition) is 2. The summed E-state index contributed by atoms with van der Waals surface area (Å²) in [5.74, 6) is 0.